The van der Waals surface area contributed by atoms with Gasteiger partial charge in [0.15, 0.2) is 18.2 Å². The Hall–Kier alpha value is -2.36. The molecule has 3 nitrogen and oxygen atoms in total. The highest BCUT2D eigenvalue weighted by atomic mass is 19.1. The molecular weight excluding hydrogens is 281 g/mol. The van der Waals surface area contributed by atoms with Crippen LogP contribution in [0.4, 0.5) is 10.1 Å². The molecule has 0 aromatic heterocycles. The van der Waals surface area contributed by atoms with Crippen molar-refractivity contribution in [2.75, 3.05) is 11.9 Å². The number of benzene rings is 2. The van der Waals surface area contributed by atoms with Crippen molar-refractivity contribution in [2.45, 2.75) is 26.2 Å². The summed E-state index contributed by atoms with van der Waals surface area (Å²) in [7, 11) is 0. The van der Waals surface area contributed by atoms with Gasteiger partial charge in [0, 0.05) is 5.69 Å². The molecule has 0 fully saturated rings. The number of hydrogen-bond donors (Lipinski definition) is 1. The van der Waals surface area contributed by atoms with Gasteiger partial charge in [0.2, 0.25) is 0 Å². The third-order valence-electron chi connectivity index (χ3n) is 3.57. The molecule has 1 N–H and O–H groups in total. The lowest BCUT2D eigenvalue weighted by Gasteiger charge is -2.11. The maximum absolute atomic E-state index is 13.4. The van der Waals surface area contributed by atoms with Crippen LogP contribution in [0.2, 0.25) is 0 Å². The number of rotatable bonds is 6. The topological polar surface area (TPSA) is 38.3 Å². The summed E-state index contributed by atoms with van der Waals surface area (Å²) < 4.78 is 18.5. The smallest absolute Gasteiger partial charge is 0.262 e. The fourth-order valence-corrected chi connectivity index (χ4v) is 2.03. The molecule has 0 saturated carbocycles. The van der Waals surface area contributed by atoms with Crippen molar-refractivity contribution in [1.82, 2.24) is 0 Å². The number of halogens is 1. The monoisotopic (exact) mass is 301 g/mol. The largest absolute Gasteiger partial charge is 0.481 e. The first-order chi connectivity index (χ1) is 10.6. The fraction of sp³-hybridized carbons (Fsp3) is 0.278. The normalized spacial score (nSPS) is 11.8. The molecule has 0 bridgehead atoms. The Kier molecular flexibility index (Phi) is 5.53. The van der Waals surface area contributed by atoms with E-state index in [4.69, 9.17) is 4.74 Å². The van der Waals surface area contributed by atoms with Crippen molar-refractivity contribution in [3.63, 3.8) is 0 Å². The van der Waals surface area contributed by atoms with Gasteiger partial charge in [-0.25, -0.2) is 4.39 Å². The van der Waals surface area contributed by atoms with E-state index < -0.39 is 5.82 Å². The predicted molar refractivity (Wildman–Crippen MR) is 85.7 cm³/mol. The van der Waals surface area contributed by atoms with Gasteiger partial charge in [-0.3, -0.25) is 4.79 Å². The lowest BCUT2D eigenvalue weighted by molar-refractivity contribution is -0.118. The number of carbonyl (C=O) groups excluding carboxylic acids is 1. The van der Waals surface area contributed by atoms with Crippen LogP contribution in [0, 0.1) is 5.82 Å². The van der Waals surface area contributed by atoms with Gasteiger partial charge in [0.05, 0.1) is 0 Å². The van der Waals surface area contributed by atoms with Crippen molar-refractivity contribution in [3.8, 4) is 5.75 Å². The third-order valence-corrected chi connectivity index (χ3v) is 3.57. The van der Waals surface area contributed by atoms with E-state index in [-0.39, 0.29) is 18.3 Å². The molecule has 2 rings (SSSR count). The number of hydrogen-bond acceptors (Lipinski definition) is 2. The maximum Gasteiger partial charge on any atom is 0.262 e. The predicted octanol–water partition coefficient (Wildman–Crippen LogP) is 4.36. The van der Waals surface area contributed by atoms with Crippen LogP contribution in [0.15, 0.2) is 48.5 Å². The molecule has 0 unspecified atom stereocenters. The van der Waals surface area contributed by atoms with Gasteiger partial charge in [-0.15, -0.1) is 0 Å². The zero-order chi connectivity index (χ0) is 15.9. The van der Waals surface area contributed by atoms with Crippen molar-refractivity contribution in [3.05, 3.63) is 59.9 Å². The maximum atomic E-state index is 13.4. The van der Waals surface area contributed by atoms with E-state index in [1.54, 1.807) is 12.1 Å². The minimum atomic E-state index is -0.479. The lowest BCUT2D eigenvalue weighted by Crippen LogP contribution is -2.20. The van der Waals surface area contributed by atoms with E-state index in [2.05, 4.69) is 19.2 Å². The molecule has 0 heterocycles. The molecule has 1 amide bonds. The van der Waals surface area contributed by atoms with Crippen molar-refractivity contribution >= 4 is 11.6 Å². The number of amides is 1. The van der Waals surface area contributed by atoms with Gasteiger partial charge in [-0.05, 0) is 42.2 Å². The minimum absolute atomic E-state index is 0.0739. The Balaban J connectivity index is 1.88. The minimum Gasteiger partial charge on any atom is -0.481 e. The average molecular weight is 301 g/mol. The van der Waals surface area contributed by atoms with E-state index >= 15 is 0 Å². The SMILES string of the molecule is CC[C@@H](C)c1ccc(NC(=O)COc2ccccc2F)cc1. The molecule has 116 valence electrons. The number of ether oxygens (including phenoxy) is 1. The summed E-state index contributed by atoms with van der Waals surface area (Å²) in [6.07, 6.45) is 1.07. The van der Waals surface area contributed by atoms with Gasteiger partial charge in [0.1, 0.15) is 0 Å². The molecule has 1 atom stereocenters. The second kappa shape index (κ2) is 7.59. The molecule has 2 aromatic rings. The van der Waals surface area contributed by atoms with Crippen LogP contribution in [0.1, 0.15) is 31.7 Å². The molecule has 4 heteroatoms. The summed E-state index contributed by atoms with van der Waals surface area (Å²) >= 11 is 0. The van der Waals surface area contributed by atoms with Crippen LogP contribution in [0.25, 0.3) is 0 Å². The highest BCUT2D eigenvalue weighted by molar-refractivity contribution is 5.91. The van der Waals surface area contributed by atoms with E-state index in [9.17, 15) is 9.18 Å². The quantitative estimate of drug-likeness (QED) is 0.861. The Labute approximate surface area is 130 Å². The number of anilines is 1. The molecule has 0 aliphatic heterocycles. The van der Waals surface area contributed by atoms with Crippen LogP contribution in [-0.4, -0.2) is 12.5 Å². The molecule has 0 spiro atoms. The molecule has 22 heavy (non-hydrogen) atoms. The van der Waals surface area contributed by atoms with Gasteiger partial charge in [-0.2, -0.15) is 0 Å². The Morgan fingerprint density at radius 1 is 1.18 bits per heavy atom. The standard InChI is InChI=1S/C18H20FNO2/c1-3-13(2)14-8-10-15(11-9-14)20-18(21)12-22-17-7-5-4-6-16(17)19/h4-11,13H,3,12H2,1-2H3,(H,20,21)/t13-/m1/s1. The molecule has 0 saturated heterocycles. The van der Waals surface area contributed by atoms with E-state index in [1.165, 1.54) is 17.7 Å². The molecule has 0 aliphatic carbocycles. The summed E-state index contributed by atoms with van der Waals surface area (Å²) in [5.41, 5.74) is 1.94. The first-order valence-electron chi connectivity index (χ1n) is 7.37. The van der Waals surface area contributed by atoms with E-state index in [1.807, 2.05) is 24.3 Å². The molecular formula is C18H20FNO2. The summed E-state index contributed by atoms with van der Waals surface area (Å²) in [6, 6.07) is 13.7. The first kappa shape index (κ1) is 16.0. The highest BCUT2D eigenvalue weighted by Crippen LogP contribution is 2.20. The zero-order valence-electron chi connectivity index (χ0n) is 12.8. The number of para-hydroxylation sites is 1. The van der Waals surface area contributed by atoms with Crippen LogP contribution < -0.4 is 10.1 Å². The van der Waals surface area contributed by atoms with E-state index in [0.29, 0.717) is 11.6 Å². The lowest BCUT2D eigenvalue weighted by atomic mass is 9.99. The number of carbonyl (C=O) groups is 1. The van der Waals surface area contributed by atoms with Crippen molar-refractivity contribution in [2.24, 2.45) is 0 Å². The second-order valence-electron chi connectivity index (χ2n) is 5.20. The Morgan fingerprint density at radius 3 is 2.50 bits per heavy atom. The molecule has 2 aromatic carbocycles. The van der Waals surface area contributed by atoms with Crippen LogP contribution >= 0.6 is 0 Å². The van der Waals surface area contributed by atoms with Crippen LogP contribution in [0.5, 0.6) is 5.75 Å². The third kappa shape index (κ3) is 4.32. The van der Waals surface area contributed by atoms with Gasteiger partial charge in [-0.1, -0.05) is 38.1 Å². The Morgan fingerprint density at radius 2 is 1.86 bits per heavy atom. The first-order valence-corrected chi connectivity index (χ1v) is 7.37. The summed E-state index contributed by atoms with van der Waals surface area (Å²) in [4.78, 5) is 11.8. The van der Waals surface area contributed by atoms with Crippen molar-refractivity contribution < 1.29 is 13.9 Å². The van der Waals surface area contributed by atoms with Crippen LogP contribution in [0.3, 0.4) is 0 Å². The second-order valence-corrected chi connectivity index (χ2v) is 5.20. The summed E-state index contributed by atoms with van der Waals surface area (Å²) in [6.45, 7) is 4.07. The zero-order valence-corrected chi connectivity index (χ0v) is 12.8. The average Bonchev–Trinajstić information content (AvgIpc) is 2.54. The van der Waals surface area contributed by atoms with Crippen molar-refractivity contribution in [1.29, 1.82) is 0 Å². The number of nitrogens with one attached hydrogen (secondary N) is 1. The summed E-state index contributed by atoms with van der Waals surface area (Å²) in [5, 5.41) is 2.73. The fourth-order valence-electron chi connectivity index (χ4n) is 2.03. The van der Waals surface area contributed by atoms with Gasteiger partial charge >= 0.3 is 0 Å². The van der Waals surface area contributed by atoms with Gasteiger partial charge in [0.25, 0.3) is 5.91 Å². The highest BCUT2D eigenvalue weighted by Gasteiger charge is 2.07. The Bertz CT molecular complexity index is 625. The van der Waals surface area contributed by atoms with E-state index in [0.717, 1.165) is 6.42 Å². The van der Waals surface area contributed by atoms with Gasteiger partial charge < -0.3 is 10.1 Å². The summed E-state index contributed by atoms with van der Waals surface area (Å²) in [5.74, 6) is -0.230. The molecule has 0 aliphatic rings. The molecule has 0 radical (unpaired) electrons. The van der Waals surface area contributed by atoms with Crippen LogP contribution in [-0.2, 0) is 4.79 Å².